The molecule has 0 bridgehead atoms. The number of carbonyl (C=O) groups is 1. The number of fused-ring (bicyclic) bond motifs is 1. The molecule has 0 fully saturated rings. The summed E-state index contributed by atoms with van der Waals surface area (Å²) >= 11 is 0. The number of hydrogen-bond acceptors (Lipinski definition) is 3. The molecule has 1 amide bonds. The monoisotopic (exact) mass is 257 g/mol. The second-order valence-electron chi connectivity index (χ2n) is 4.42. The van der Waals surface area contributed by atoms with Gasteiger partial charge in [-0.05, 0) is 26.0 Å². The summed E-state index contributed by atoms with van der Waals surface area (Å²) in [6.45, 7) is 5.47. The number of carbonyl (C=O) groups excluding carboxylic acids is 1. The number of para-hydroxylation sites is 1. The molecule has 0 aliphatic rings. The van der Waals surface area contributed by atoms with E-state index in [1.165, 1.54) is 0 Å². The van der Waals surface area contributed by atoms with Gasteiger partial charge in [0.05, 0.1) is 5.52 Å². The fraction of sp³-hybridized carbons (Fsp3) is 0.333. The highest BCUT2D eigenvalue weighted by atomic mass is 16.2. The molecule has 19 heavy (non-hydrogen) atoms. The van der Waals surface area contributed by atoms with E-state index in [-0.39, 0.29) is 5.91 Å². The van der Waals surface area contributed by atoms with E-state index in [0.717, 1.165) is 23.1 Å². The average Bonchev–Trinajstić information content (AvgIpc) is 2.45. The highest BCUT2D eigenvalue weighted by Crippen LogP contribution is 2.23. The first-order chi connectivity index (χ1) is 9.17. The first kappa shape index (κ1) is 13.3. The van der Waals surface area contributed by atoms with Crippen molar-refractivity contribution >= 4 is 22.5 Å². The Hall–Kier alpha value is -2.10. The molecule has 0 radical (unpaired) electrons. The van der Waals surface area contributed by atoms with Crippen LogP contribution in [0.15, 0.2) is 30.3 Å². The topological polar surface area (TPSA) is 45.2 Å². The quantitative estimate of drug-likeness (QED) is 0.916. The number of benzene rings is 1. The van der Waals surface area contributed by atoms with Crippen LogP contribution in [0.5, 0.6) is 0 Å². The van der Waals surface area contributed by atoms with Crippen LogP contribution in [0.1, 0.15) is 24.3 Å². The highest BCUT2D eigenvalue weighted by molar-refractivity contribution is 5.99. The predicted molar refractivity (Wildman–Crippen MR) is 78.5 cm³/mol. The van der Waals surface area contributed by atoms with E-state index in [0.29, 0.717) is 12.2 Å². The van der Waals surface area contributed by atoms with Crippen LogP contribution in [0.25, 0.3) is 10.9 Å². The maximum Gasteiger partial charge on any atom is 0.272 e. The van der Waals surface area contributed by atoms with Crippen molar-refractivity contribution in [1.29, 1.82) is 0 Å². The van der Waals surface area contributed by atoms with E-state index < -0.39 is 0 Å². The number of aromatic nitrogens is 1. The van der Waals surface area contributed by atoms with Crippen LogP contribution in [-0.4, -0.2) is 35.9 Å². The van der Waals surface area contributed by atoms with Crippen LogP contribution < -0.4 is 5.32 Å². The number of amides is 1. The first-order valence-electron chi connectivity index (χ1n) is 6.56. The van der Waals surface area contributed by atoms with E-state index in [2.05, 4.69) is 10.3 Å². The Kier molecular flexibility index (Phi) is 4.00. The molecule has 0 aliphatic carbocycles. The zero-order chi connectivity index (χ0) is 13.8. The molecule has 4 heteroatoms. The summed E-state index contributed by atoms with van der Waals surface area (Å²) in [5.41, 5.74) is 2.29. The second-order valence-corrected chi connectivity index (χ2v) is 4.42. The van der Waals surface area contributed by atoms with Crippen LogP contribution in [0.3, 0.4) is 0 Å². The molecule has 1 aromatic carbocycles. The Balaban J connectivity index is 2.54. The lowest BCUT2D eigenvalue weighted by Gasteiger charge is -2.15. The van der Waals surface area contributed by atoms with E-state index in [1.54, 1.807) is 11.9 Å². The molecule has 0 saturated heterocycles. The predicted octanol–water partition coefficient (Wildman–Crippen LogP) is 2.76. The Morgan fingerprint density at radius 2 is 2.05 bits per heavy atom. The van der Waals surface area contributed by atoms with E-state index in [9.17, 15) is 4.79 Å². The first-order valence-corrected chi connectivity index (χ1v) is 6.56. The van der Waals surface area contributed by atoms with Crippen molar-refractivity contribution in [2.45, 2.75) is 13.8 Å². The largest absolute Gasteiger partial charge is 0.385 e. The summed E-state index contributed by atoms with van der Waals surface area (Å²) in [6, 6.07) is 9.69. The van der Waals surface area contributed by atoms with Gasteiger partial charge in [-0.15, -0.1) is 0 Å². The average molecular weight is 257 g/mol. The van der Waals surface area contributed by atoms with Crippen molar-refractivity contribution in [3.8, 4) is 0 Å². The molecule has 0 unspecified atom stereocenters. The van der Waals surface area contributed by atoms with E-state index in [4.69, 9.17) is 0 Å². The van der Waals surface area contributed by atoms with Crippen molar-refractivity contribution in [3.63, 3.8) is 0 Å². The van der Waals surface area contributed by atoms with Gasteiger partial charge in [-0.2, -0.15) is 0 Å². The molecule has 1 N–H and O–H groups in total. The molecule has 0 spiro atoms. The maximum atomic E-state index is 12.2. The van der Waals surface area contributed by atoms with Crippen LogP contribution >= 0.6 is 0 Å². The Morgan fingerprint density at radius 1 is 1.32 bits per heavy atom. The van der Waals surface area contributed by atoms with Crippen molar-refractivity contribution in [3.05, 3.63) is 36.0 Å². The highest BCUT2D eigenvalue weighted by Gasteiger charge is 2.14. The normalized spacial score (nSPS) is 10.5. The zero-order valence-corrected chi connectivity index (χ0v) is 11.6. The minimum atomic E-state index is -0.0487. The third-order valence-electron chi connectivity index (χ3n) is 3.12. The summed E-state index contributed by atoms with van der Waals surface area (Å²) in [6.07, 6.45) is 0. The zero-order valence-electron chi connectivity index (χ0n) is 11.6. The smallest absolute Gasteiger partial charge is 0.272 e. The number of hydrogen-bond donors (Lipinski definition) is 1. The molecule has 0 saturated carbocycles. The summed E-state index contributed by atoms with van der Waals surface area (Å²) in [5.74, 6) is -0.0487. The molecule has 0 aliphatic heterocycles. The third-order valence-corrected chi connectivity index (χ3v) is 3.12. The lowest BCUT2D eigenvalue weighted by Crippen LogP contribution is -2.27. The fourth-order valence-electron chi connectivity index (χ4n) is 1.96. The number of pyridine rings is 1. The van der Waals surface area contributed by atoms with Gasteiger partial charge in [0.15, 0.2) is 0 Å². The Morgan fingerprint density at radius 3 is 2.74 bits per heavy atom. The molecule has 2 rings (SSSR count). The van der Waals surface area contributed by atoms with Crippen molar-refractivity contribution < 1.29 is 4.79 Å². The van der Waals surface area contributed by atoms with E-state index in [1.807, 2.05) is 44.2 Å². The molecule has 1 heterocycles. The number of nitrogens with zero attached hydrogens (tertiary/aromatic N) is 2. The van der Waals surface area contributed by atoms with Crippen LogP contribution in [0.2, 0.25) is 0 Å². The van der Waals surface area contributed by atoms with Gasteiger partial charge in [-0.25, -0.2) is 4.98 Å². The molecule has 4 nitrogen and oxygen atoms in total. The van der Waals surface area contributed by atoms with E-state index >= 15 is 0 Å². The van der Waals surface area contributed by atoms with Crippen molar-refractivity contribution in [2.24, 2.45) is 0 Å². The summed E-state index contributed by atoms with van der Waals surface area (Å²) in [4.78, 5) is 18.3. The van der Waals surface area contributed by atoms with Gasteiger partial charge in [-0.3, -0.25) is 4.79 Å². The van der Waals surface area contributed by atoms with Gasteiger partial charge in [0.2, 0.25) is 0 Å². The van der Waals surface area contributed by atoms with Crippen LogP contribution in [-0.2, 0) is 0 Å². The molecule has 0 atom stereocenters. The number of rotatable bonds is 4. The van der Waals surface area contributed by atoms with Gasteiger partial charge in [0.1, 0.15) is 5.69 Å². The van der Waals surface area contributed by atoms with Gasteiger partial charge < -0.3 is 10.2 Å². The SMILES string of the molecule is CCNc1cc(C(=O)N(C)CC)nc2ccccc12. The standard InChI is InChI=1S/C15H19N3O/c1-4-16-13-10-14(15(19)18(3)5-2)17-12-9-7-6-8-11(12)13/h6-10H,4-5H2,1-3H3,(H,16,17). The molecule has 1 aromatic heterocycles. The third kappa shape index (κ3) is 2.67. The van der Waals surface area contributed by atoms with Gasteiger partial charge >= 0.3 is 0 Å². The minimum absolute atomic E-state index is 0.0487. The van der Waals surface area contributed by atoms with Crippen LogP contribution in [0, 0.1) is 0 Å². The molecule has 2 aromatic rings. The summed E-state index contributed by atoms with van der Waals surface area (Å²) in [5, 5.41) is 4.33. The second kappa shape index (κ2) is 5.69. The van der Waals surface area contributed by atoms with Crippen LogP contribution in [0.4, 0.5) is 5.69 Å². The maximum absolute atomic E-state index is 12.2. The van der Waals surface area contributed by atoms with Gasteiger partial charge in [-0.1, -0.05) is 18.2 Å². The lowest BCUT2D eigenvalue weighted by atomic mass is 10.1. The summed E-state index contributed by atoms with van der Waals surface area (Å²) in [7, 11) is 1.78. The van der Waals surface area contributed by atoms with Crippen molar-refractivity contribution in [2.75, 3.05) is 25.5 Å². The lowest BCUT2D eigenvalue weighted by molar-refractivity contribution is 0.0797. The summed E-state index contributed by atoms with van der Waals surface area (Å²) < 4.78 is 0. The van der Waals surface area contributed by atoms with Crippen molar-refractivity contribution in [1.82, 2.24) is 9.88 Å². The number of nitrogens with one attached hydrogen (secondary N) is 1. The molecular formula is C15H19N3O. The number of anilines is 1. The van der Waals surface area contributed by atoms with Gasteiger partial charge in [0, 0.05) is 31.2 Å². The molecule has 100 valence electrons. The molecular weight excluding hydrogens is 238 g/mol. The fourth-order valence-corrected chi connectivity index (χ4v) is 1.96. The minimum Gasteiger partial charge on any atom is -0.385 e. The Bertz CT molecular complexity index is 595. The Labute approximate surface area is 113 Å². The van der Waals surface area contributed by atoms with Gasteiger partial charge in [0.25, 0.3) is 5.91 Å².